The smallest absolute Gasteiger partial charge is 0.225 e. The number of rotatable bonds is 4. The quantitative estimate of drug-likeness (QED) is 0.857. The number of hydrogen-bond acceptors (Lipinski definition) is 3. The summed E-state index contributed by atoms with van der Waals surface area (Å²) in [6, 6.07) is 9.19. The summed E-state index contributed by atoms with van der Waals surface area (Å²) in [4.78, 5) is 11.7. The second kappa shape index (κ2) is 5.46. The van der Waals surface area contributed by atoms with Crippen LogP contribution in [0.25, 0.3) is 5.69 Å². The third-order valence-corrected chi connectivity index (χ3v) is 2.44. The molecule has 0 bridgehead atoms. The highest BCUT2D eigenvalue weighted by atomic mass is 16.1. The third kappa shape index (κ3) is 2.95. The summed E-state index contributed by atoms with van der Waals surface area (Å²) in [5, 5.41) is 7.01. The molecule has 0 fully saturated rings. The molecule has 1 atom stereocenters. The lowest BCUT2D eigenvalue weighted by molar-refractivity contribution is -0.116. The normalized spacial score (nSPS) is 12.1. The molecule has 94 valence electrons. The number of amides is 1. The molecular weight excluding hydrogens is 228 g/mol. The van der Waals surface area contributed by atoms with Gasteiger partial charge >= 0.3 is 0 Å². The molecule has 0 spiro atoms. The van der Waals surface area contributed by atoms with Gasteiger partial charge in [0.15, 0.2) is 0 Å². The van der Waals surface area contributed by atoms with Crippen molar-refractivity contribution in [2.24, 2.45) is 5.73 Å². The summed E-state index contributed by atoms with van der Waals surface area (Å²) in [6.07, 6.45) is 3.82. The van der Waals surface area contributed by atoms with Crippen LogP contribution in [0.1, 0.15) is 13.3 Å². The van der Waals surface area contributed by atoms with Crippen LogP contribution in [0.4, 0.5) is 5.69 Å². The Labute approximate surface area is 106 Å². The molecule has 0 radical (unpaired) electrons. The van der Waals surface area contributed by atoms with Crippen molar-refractivity contribution in [3.8, 4) is 5.69 Å². The summed E-state index contributed by atoms with van der Waals surface area (Å²) in [7, 11) is 0. The van der Waals surface area contributed by atoms with E-state index in [1.54, 1.807) is 17.8 Å². The van der Waals surface area contributed by atoms with Gasteiger partial charge in [-0.25, -0.2) is 4.68 Å². The molecular formula is C13H16N4O. The molecule has 0 aliphatic heterocycles. The Kier molecular flexibility index (Phi) is 3.74. The maximum Gasteiger partial charge on any atom is 0.225 e. The average molecular weight is 244 g/mol. The molecule has 18 heavy (non-hydrogen) atoms. The second-order valence-electron chi connectivity index (χ2n) is 4.20. The summed E-state index contributed by atoms with van der Waals surface area (Å²) in [5.74, 6) is -0.0930. The van der Waals surface area contributed by atoms with Crippen LogP contribution in [0, 0.1) is 0 Å². The highest BCUT2D eigenvalue weighted by molar-refractivity contribution is 5.93. The number of nitrogens with one attached hydrogen (secondary N) is 1. The van der Waals surface area contributed by atoms with Crippen LogP contribution in [-0.2, 0) is 4.79 Å². The minimum absolute atomic E-state index is 0.0930. The Balaban J connectivity index is 2.21. The fourth-order valence-electron chi connectivity index (χ4n) is 1.68. The molecule has 0 saturated carbocycles. The van der Waals surface area contributed by atoms with Gasteiger partial charge in [0, 0.05) is 24.9 Å². The summed E-state index contributed by atoms with van der Waals surface area (Å²) >= 11 is 0. The molecule has 1 unspecified atom stereocenters. The fourth-order valence-corrected chi connectivity index (χ4v) is 1.68. The first-order valence-electron chi connectivity index (χ1n) is 5.81. The van der Waals surface area contributed by atoms with Crippen LogP contribution in [0.5, 0.6) is 0 Å². The van der Waals surface area contributed by atoms with E-state index in [0.29, 0.717) is 6.42 Å². The van der Waals surface area contributed by atoms with Crippen molar-refractivity contribution in [3.05, 3.63) is 42.7 Å². The summed E-state index contributed by atoms with van der Waals surface area (Å²) in [6.45, 7) is 1.80. The predicted molar refractivity (Wildman–Crippen MR) is 70.5 cm³/mol. The maximum atomic E-state index is 11.7. The Bertz CT molecular complexity index is 520. The molecule has 3 N–H and O–H groups in total. The van der Waals surface area contributed by atoms with Gasteiger partial charge in [0.25, 0.3) is 0 Å². The number of nitrogens with zero attached hydrogens (tertiary/aromatic N) is 2. The summed E-state index contributed by atoms with van der Waals surface area (Å²) < 4.78 is 1.71. The number of benzene rings is 1. The number of aromatic nitrogens is 2. The third-order valence-electron chi connectivity index (χ3n) is 2.44. The van der Waals surface area contributed by atoms with Crippen LogP contribution in [0.3, 0.4) is 0 Å². The van der Waals surface area contributed by atoms with E-state index in [1.165, 1.54) is 0 Å². The first kappa shape index (κ1) is 12.3. The highest BCUT2D eigenvalue weighted by Crippen LogP contribution is 2.19. The zero-order valence-corrected chi connectivity index (χ0v) is 10.2. The van der Waals surface area contributed by atoms with Gasteiger partial charge in [0.1, 0.15) is 0 Å². The van der Waals surface area contributed by atoms with Gasteiger partial charge in [0.2, 0.25) is 5.91 Å². The van der Waals surface area contributed by atoms with Crippen molar-refractivity contribution in [1.29, 1.82) is 0 Å². The minimum atomic E-state index is -0.151. The number of carbonyl (C=O) groups is 1. The number of nitrogens with two attached hydrogens (primary N) is 1. The van der Waals surface area contributed by atoms with Crippen molar-refractivity contribution in [3.63, 3.8) is 0 Å². The van der Waals surface area contributed by atoms with E-state index in [9.17, 15) is 4.79 Å². The lowest BCUT2D eigenvalue weighted by Crippen LogP contribution is -2.24. The number of anilines is 1. The number of para-hydroxylation sites is 2. The number of hydrogen-bond donors (Lipinski definition) is 2. The summed E-state index contributed by atoms with van der Waals surface area (Å²) in [5.41, 5.74) is 7.16. The fraction of sp³-hybridized carbons (Fsp3) is 0.231. The lowest BCUT2D eigenvalue weighted by Gasteiger charge is -2.11. The maximum absolute atomic E-state index is 11.7. The monoisotopic (exact) mass is 244 g/mol. The largest absolute Gasteiger partial charge is 0.327 e. The van der Waals surface area contributed by atoms with E-state index in [4.69, 9.17) is 5.73 Å². The van der Waals surface area contributed by atoms with Gasteiger partial charge in [-0.15, -0.1) is 0 Å². The topological polar surface area (TPSA) is 72.9 Å². The van der Waals surface area contributed by atoms with Gasteiger partial charge in [-0.1, -0.05) is 12.1 Å². The van der Waals surface area contributed by atoms with Gasteiger partial charge < -0.3 is 11.1 Å². The van der Waals surface area contributed by atoms with E-state index in [2.05, 4.69) is 10.4 Å². The molecule has 2 rings (SSSR count). The lowest BCUT2D eigenvalue weighted by atomic mass is 10.2. The van der Waals surface area contributed by atoms with Crippen LogP contribution < -0.4 is 11.1 Å². The zero-order valence-electron chi connectivity index (χ0n) is 10.2. The Hall–Kier alpha value is -2.14. The molecule has 0 aliphatic carbocycles. The van der Waals surface area contributed by atoms with Crippen molar-refractivity contribution < 1.29 is 4.79 Å². The predicted octanol–water partition coefficient (Wildman–Crippen LogP) is 1.55. The van der Waals surface area contributed by atoms with Crippen LogP contribution in [0.2, 0.25) is 0 Å². The molecule has 1 amide bonds. The van der Waals surface area contributed by atoms with E-state index in [0.717, 1.165) is 11.4 Å². The molecule has 2 aromatic rings. The first-order chi connectivity index (χ1) is 8.66. The van der Waals surface area contributed by atoms with Crippen LogP contribution in [0.15, 0.2) is 42.7 Å². The highest BCUT2D eigenvalue weighted by Gasteiger charge is 2.09. The van der Waals surface area contributed by atoms with Crippen LogP contribution in [-0.4, -0.2) is 21.7 Å². The van der Waals surface area contributed by atoms with E-state index >= 15 is 0 Å². The molecule has 0 saturated heterocycles. The van der Waals surface area contributed by atoms with Crippen molar-refractivity contribution in [2.75, 3.05) is 5.32 Å². The molecule has 5 heteroatoms. The van der Waals surface area contributed by atoms with E-state index in [1.807, 2.05) is 36.5 Å². The second-order valence-corrected chi connectivity index (χ2v) is 4.20. The van der Waals surface area contributed by atoms with E-state index < -0.39 is 0 Å². The van der Waals surface area contributed by atoms with Crippen LogP contribution >= 0.6 is 0 Å². The van der Waals surface area contributed by atoms with Gasteiger partial charge in [0.05, 0.1) is 11.4 Å². The van der Waals surface area contributed by atoms with Gasteiger partial charge in [-0.3, -0.25) is 4.79 Å². The molecule has 0 aliphatic rings. The van der Waals surface area contributed by atoms with Crippen molar-refractivity contribution in [2.45, 2.75) is 19.4 Å². The number of carbonyl (C=O) groups excluding carboxylic acids is 1. The Morgan fingerprint density at radius 3 is 2.89 bits per heavy atom. The van der Waals surface area contributed by atoms with Crippen molar-refractivity contribution in [1.82, 2.24) is 9.78 Å². The van der Waals surface area contributed by atoms with Gasteiger partial charge in [-0.05, 0) is 25.1 Å². The average Bonchev–Trinajstić information content (AvgIpc) is 2.81. The molecule has 1 aromatic carbocycles. The first-order valence-corrected chi connectivity index (χ1v) is 5.81. The Morgan fingerprint density at radius 1 is 1.44 bits per heavy atom. The molecule has 1 heterocycles. The van der Waals surface area contributed by atoms with E-state index in [-0.39, 0.29) is 11.9 Å². The zero-order chi connectivity index (χ0) is 13.0. The molecule has 5 nitrogen and oxygen atoms in total. The SMILES string of the molecule is CC(N)CC(=O)Nc1ccccc1-n1cccn1. The molecule has 1 aromatic heterocycles. The standard InChI is InChI=1S/C13H16N4O/c1-10(14)9-13(18)16-11-5-2-3-6-12(11)17-8-4-7-15-17/h2-8,10H,9,14H2,1H3,(H,16,18). The van der Waals surface area contributed by atoms with Crippen molar-refractivity contribution >= 4 is 11.6 Å². The minimum Gasteiger partial charge on any atom is -0.327 e. The van der Waals surface area contributed by atoms with Gasteiger partial charge in [-0.2, -0.15) is 5.10 Å². The Morgan fingerprint density at radius 2 is 2.22 bits per heavy atom.